The van der Waals surface area contributed by atoms with Crippen LogP contribution in [0, 0.1) is 13.8 Å². The summed E-state index contributed by atoms with van der Waals surface area (Å²) in [6.07, 6.45) is 3.58. The summed E-state index contributed by atoms with van der Waals surface area (Å²) >= 11 is 0. The first-order chi connectivity index (χ1) is 9.58. The molecule has 102 valence electrons. The maximum Gasteiger partial charge on any atom is 0.129 e. The molecule has 0 radical (unpaired) electrons. The standard InChI is InChI=1S/C15H17N5/c1-9-4-5-11(6-10(9)2)13-14(12-7-17-18-8-12)19-20(3)15(13)16/h4-8H,16H2,1-3H3,(H,17,18). The third-order valence-electron chi connectivity index (χ3n) is 3.66. The van der Waals surface area contributed by atoms with E-state index in [0.29, 0.717) is 5.82 Å². The Labute approximate surface area is 117 Å². The fraction of sp³-hybridized carbons (Fsp3) is 0.200. The fourth-order valence-electron chi connectivity index (χ4n) is 2.30. The molecule has 0 bridgehead atoms. The van der Waals surface area contributed by atoms with Crippen molar-refractivity contribution in [2.24, 2.45) is 7.05 Å². The number of nitrogen functional groups attached to an aromatic ring is 1. The Hall–Kier alpha value is -2.56. The molecule has 1 aromatic carbocycles. The number of H-pyrrole nitrogens is 1. The van der Waals surface area contributed by atoms with Crippen molar-refractivity contribution >= 4 is 5.82 Å². The van der Waals surface area contributed by atoms with Crippen molar-refractivity contribution in [2.45, 2.75) is 13.8 Å². The molecule has 0 atom stereocenters. The smallest absolute Gasteiger partial charge is 0.129 e. The van der Waals surface area contributed by atoms with Crippen LogP contribution in [0.25, 0.3) is 22.4 Å². The van der Waals surface area contributed by atoms with Gasteiger partial charge < -0.3 is 5.73 Å². The summed E-state index contributed by atoms with van der Waals surface area (Å²) in [4.78, 5) is 0. The van der Waals surface area contributed by atoms with E-state index in [0.717, 1.165) is 22.4 Å². The Morgan fingerprint density at radius 1 is 1.15 bits per heavy atom. The third kappa shape index (κ3) is 1.87. The predicted octanol–water partition coefficient (Wildman–Crippen LogP) is 2.68. The van der Waals surface area contributed by atoms with Crippen LogP contribution in [0.1, 0.15) is 11.1 Å². The van der Waals surface area contributed by atoms with Gasteiger partial charge >= 0.3 is 0 Å². The third-order valence-corrected chi connectivity index (χ3v) is 3.66. The lowest BCUT2D eigenvalue weighted by molar-refractivity contribution is 0.782. The van der Waals surface area contributed by atoms with Gasteiger partial charge in [-0.3, -0.25) is 9.78 Å². The van der Waals surface area contributed by atoms with Crippen LogP contribution in [-0.2, 0) is 7.05 Å². The van der Waals surface area contributed by atoms with Gasteiger partial charge in [-0.25, -0.2) is 0 Å². The van der Waals surface area contributed by atoms with Gasteiger partial charge in [0, 0.05) is 18.8 Å². The van der Waals surface area contributed by atoms with E-state index in [-0.39, 0.29) is 0 Å². The number of anilines is 1. The maximum atomic E-state index is 6.20. The normalized spacial score (nSPS) is 10.9. The minimum atomic E-state index is 0.657. The van der Waals surface area contributed by atoms with E-state index < -0.39 is 0 Å². The highest BCUT2D eigenvalue weighted by Crippen LogP contribution is 2.36. The Balaban J connectivity index is 2.25. The number of aromatic nitrogens is 4. The molecule has 2 heterocycles. The molecule has 0 aliphatic carbocycles. The van der Waals surface area contributed by atoms with Crippen LogP contribution in [0.2, 0.25) is 0 Å². The number of aryl methyl sites for hydroxylation is 3. The summed E-state index contributed by atoms with van der Waals surface area (Å²) in [5.41, 5.74) is 12.5. The average Bonchev–Trinajstić information content (AvgIpc) is 3.03. The highest BCUT2D eigenvalue weighted by atomic mass is 15.3. The molecule has 3 N–H and O–H groups in total. The molecule has 20 heavy (non-hydrogen) atoms. The van der Waals surface area contributed by atoms with Gasteiger partial charge in [-0.05, 0) is 30.5 Å². The van der Waals surface area contributed by atoms with Gasteiger partial charge in [0.2, 0.25) is 0 Å². The lowest BCUT2D eigenvalue weighted by Crippen LogP contribution is -1.98. The number of benzene rings is 1. The fourth-order valence-corrected chi connectivity index (χ4v) is 2.30. The quantitative estimate of drug-likeness (QED) is 0.749. The van der Waals surface area contributed by atoms with Crippen LogP contribution in [0.15, 0.2) is 30.6 Å². The SMILES string of the molecule is Cc1ccc(-c2c(-c3cn[nH]c3)nn(C)c2N)cc1C. The molecule has 0 saturated heterocycles. The Morgan fingerprint density at radius 3 is 2.60 bits per heavy atom. The van der Waals surface area contributed by atoms with Crippen LogP contribution < -0.4 is 5.73 Å². The lowest BCUT2D eigenvalue weighted by Gasteiger charge is -2.06. The molecule has 3 aromatic rings. The second kappa shape index (κ2) is 4.52. The predicted molar refractivity (Wildman–Crippen MR) is 80.1 cm³/mol. The van der Waals surface area contributed by atoms with E-state index in [2.05, 4.69) is 47.3 Å². The first-order valence-corrected chi connectivity index (χ1v) is 6.47. The van der Waals surface area contributed by atoms with E-state index >= 15 is 0 Å². The highest BCUT2D eigenvalue weighted by Gasteiger charge is 2.18. The van der Waals surface area contributed by atoms with Crippen molar-refractivity contribution in [1.82, 2.24) is 20.0 Å². The maximum absolute atomic E-state index is 6.20. The summed E-state index contributed by atoms with van der Waals surface area (Å²) in [6, 6.07) is 6.34. The van der Waals surface area contributed by atoms with Crippen molar-refractivity contribution in [2.75, 3.05) is 5.73 Å². The molecule has 0 aliphatic rings. The van der Waals surface area contributed by atoms with E-state index in [9.17, 15) is 0 Å². The molecular formula is C15H17N5. The largest absolute Gasteiger partial charge is 0.383 e. The molecule has 0 amide bonds. The molecule has 0 unspecified atom stereocenters. The minimum absolute atomic E-state index is 0.657. The van der Waals surface area contributed by atoms with Crippen LogP contribution in [-0.4, -0.2) is 20.0 Å². The number of nitrogens with two attached hydrogens (primary N) is 1. The Morgan fingerprint density at radius 2 is 1.95 bits per heavy atom. The van der Waals surface area contributed by atoms with E-state index in [1.807, 2.05) is 13.2 Å². The van der Waals surface area contributed by atoms with Crippen molar-refractivity contribution in [3.8, 4) is 22.4 Å². The molecule has 5 nitrogen and oxygen atoms in total. The van der Waals surface area contributed by atoms with Gasteiger partial charge in [0.15, 0.2) is 0 Å². The average molecular weight is 267 g/mol. The lowest BCUT2D eigenvalue weighted by atomic mass is 9.98. The van der Waals surface area contributed by atoms with Crippen LogP contribution in [0.5, 0.6) is 0 Å². The van der Waals surface area contributed by atoms with Gasteiger partial charge in [-0.1, -0.05) is 18.2 Å². The molecule has 0 saturated carbocycles. The Kier molecular flexibility index (Phi) is 2.82. The minimum Gasteiger partial charge on any atom is -0.383 e. The van der Waals surface area contributed by atoms with E-state index in [4.69, 9.17) is 5.73 Å². The molecule has 5 heteroatoms. The second-order valence-electron chi connectivity index (χ2n) is 5.02. The van der Waals surface area contributed by atoms with Crippen molar-refractivity contribution in [1.29, 1.82) is 0 Å². The summed E-state index contributed by atoms with van der Waals surface area (Å²) in [7, 11) is 1.85. The van der Waals surface area contributed by atoms with Gasteiger partial charge in [0.05, 0.1) is 11.8 Å². The van der Waals surface area contributed by atoms with E-state index in [1.54, 1.807) is 10.9 Å². The van der Waals surface area contributed by atoms with E-state index in [1.165, 1.54) is 11.1 Å². The number of rotatable bonds is 2. The van der Waals surface area contributed by atoms with Crippen LogP contribution in [0.3, 0.4) is 0 Å². The summed E-state index contributed by atoms with van der Waals surface area (Å²) in [5, 5.41) is 11.3. The summed E-state index contributed by atoms with van der Waals surface area (Å²) < 4.78 is 1.70. The zero-order chi connectivity index (χ0) is 14.3. The zero-order valence-corrected chi connectivity index (χ0v) is 11.8. The molecule has 3 rings (SSSR count). The molecule has 0 spiro atoms. The number of hydrogen-bond donors (Lipinski definition) is 2. The second-order valence-corrected chi connectivity index (χ2v) is 5.02. The highest BCUT2D eigenvalue weighted by molar-refractivity contribution is 5.88. The molecule has 0 fully saturated rings. The molecule has 0 aliphatic heterocycles. The summed E-state index contributed by atoms with van der Waals surface area (Å²) in [6.45, 7) is 4.20. The number of hydrogen-bond acceptors (Lipinski definition) is 3. The summed E-state index contributed by atoms with van der Waals surface area (Å²) in [5.74, 6) is 0.657. The number of nitrogens with one attached hydrogen (secondary N) is 1. The Bertz CT molecular complexity index is 753. The first kappa shape index (κ1) is 12.5. The number of aromatic amines is 1. The first-order valence-electron chi connectivity index (χ1n) is 6.47. The van der Waals surface area contributed by atoms with Gasteiger partial charge in [-0.2, -0.15) is 10.2 Å². The number of nitrogens with zero attached hydrogens (tertiary/aromatic N) is 3. The monoisotopic (exact) mass is 267 g/mol. The molecule has 2 aromatic heterocycles. The van der Waals surface area contributed by atoms with Crippen LogP contribution >= 0.6 is 0 Å². The van der Waals surface area contributed by atoms with Crippen molar-refractivity contribution < 1.29 is 0 Å². The van der Waals surface area contributed by atoms with Gasteiger partial charge in [0.1, 0.15) is 11.5 Å². The van der Waals surface area contributed by atoms with Gasteiger partial charge in [-0.15, -0.1) is 0 Å². The van der Waals surface area contributed by atoms with Crippen molar-refractivity contribution in [3.05, 3.63) is 41.7 Å². The molecular weight excluding hydrogens is 250 g/mol. The zero-order valence-electron chi connectivity index (χ0n) is 11.8. The van der Waals surface area contributed by atoms with Gasteiger partial charge in [0.25, 0.3) is 0 Å². The van der Waals surface area contributed by atoms with Crippen molar-refractivity contribution in [3.63, 3.8) is 0 Å². The van der Waals surface area contributed by atoms with Crippen LogP contribution in [0.4, 0.5) is 5.82 Å². The topological polar surface area (TPSA) is 72.5 Å².